The number of hydrogen-bond acceptors (Lipinski definition) is 2. The van der Waals surface area contributed by atoms with Crippen molar-refractivity contribution in [2.24, 2.45) is 5.41 Å². The van der Waals surface area contributed by atoms with E-state index in [0.29, 0.717) is 5.76 Å². The van der Waals surface area contributed by atoms with E-state index >= 15 is 0 Å². The van der Waals surface area contributed by atoms with Crippen molar-refractivity contribution in [1.29, 1.82) is 0 Å². The summed E-state index contributed by atoms with van der Waals surface area (Å²) < 4.78 is 5.22. The number of furan rings is 1. The van der Waals surface area contributed by atoms with E-state index in [1.54, 1.807) is 11.2 Å². The second-order valence-corrected chi connectivity index (χ2v) is 5.39. The molecule has 0 fully saturated rings. The Bertz CT molecular complexity index is 374. The van der Waals surface area contributed by atoms with Crippen molar-refractivity contribution in [2.45, 2.75) is 40.7 Å². The molecule has 0 radical (unpaired) electrons. The molecule has 0 unspecified atom stereocenters. The van der Waals surface area contributed by atoms with E-state index in [4.69, 9.17) is 4.42 Å². The highest BCUT2D eigenvalue weighted by molar-refractivity contribution is 5.92. The lowest BCUT2D eigenvalue weighted by Crippen LogP contribution is -2.43. The average Bonchev–Trinajstić information content (AvgIpc) is 2.59. The minimum absolute atomic E-state index is 0.0510. The van der Waals surface area contributed by atoms with Crippen LogP contribution >= 0.6 is 0 Å². The van der Waals surface area contributed by atoms with E-state index in [2.05, 4.69) is 27.7 Å². The molecular weight excluding hydrogens is 202 g/mol. The van der Waals surface area contributed by atoms with Crippen LogP contribution in [0.5, 0.6) is 0 Å². The van der Waals surface area contributed by atoms with E-state index in [1.807, 2.05) is 20.0 Å². The lowest BCUT2D eigenvalue weighted by atomic mass is 9.87. The van der Waals surface area contributed by atoms with Crippen LogP contribution in [0, 0.1) is 12.3 Å². The van der Waals surface area contributed by atoms with Crippen LogP contribution in [0.15, 0.2) is 16.7 Å². The first-order valence-electron chi connectivity index (χ1n) is 5.56. The number of carbonyl (C=O) groups excluding carboxylic acids is 1. The first-order valence-corrected chi connectivity index (χ1v) is 5.56. The molecule has 0 bridgehead atoms. The van der Waals surface area contributed by atoms with E-state index in [1.165, 1.54) is 0 Å². The van der Waals surface area contributed by atoms with Crippen molar-refractivity contribution in [3.05, 3.63) is 23.7 Å². The van der Waals surface area contributed by atoms with Gasteiger partial charge in [-0.3, -0.25) is 4.79 Å². The Balaban J connectivity index is 2.88. The predicted octanol–water partition coefficient (Wildman–Crippen LogP) is 3.09. The third-order valence-corrected chi connectivity index (χ3v) is 3.21. The highest BCUT2D eigenvalue weighted by atomic mass is 16.3. The molecule has 3 nitrogen and oxygen atoms in total. The third kappa shape index (κ3) is 2.46. The maximum absolute atomic E-state index is 12.1. The summed E-state index contributed by atoms with van der Waals surface area (Å²) in [6.45, 7) is 10.3. The highest BCUT2D eigenvalue weighted by Gasteiger charge is 2.29. The molecule has 0 saturated heterocycles. The van der Waals surface area contributed by atoms with Crippen molar-refractivity contribution < 1.29 is 9.21 Å². The fraction of sp³-hybridized carbons (Fsp3) is 0.615. The summed E-state index contributed by atoms with van der Waals surface area (Å²) >= 11 is 0. The molecule has 0 aliphatic heterocycles. The van der Waals surface area contributed by atoms with Crippen LogP contribution in [0.1, 0.15) is 43.8 Å². The van der Waals surface area contributed by atoms with Gasteiger partial charge in [0.2, 0.25) is 0 Å². The maximum atomic E-state index is 12.1. The van der Waals surface area contributed by atoms with Crippen molar-refractivity contribution in [1.82, 2.24) is 4.90 Å². The number of carbonyl (C=O) groups is 1. The van der Waals surface area contributed by atoms with E-state index in [-0.39, 0.29) is 17.4 Å². The Kier molecular flexibility index (Phi) is 3.46. The summed E-state index contributed by atoms with van der Waals surface area (Å²) in [4.78, 5) is 13.9. The Labute approximate surface area is 97.4 Å². The average molecular weight is 223 g/mol. The van der Waals surface area contributed by atoms with Gasteiger partial charge in [0.25, 0.3) is 5.91 Å². The monoisotopic (exact) mass is 223 g/mol. The van der Waals surface area contributed by atoms with Gasteiger partial charge >= 0.3 is 0 Å². The number of rotatable bonds is 2. The normalized spacial score (nSPS) is 13.6. The van der Waals surface area contributed by atoms with Gasteiger partial charge in [-0.25, -0.2) is 0 Å². The fourth-order valence-electron chi connectivity index (χ4n) is 1.51. The van der Waals surface area contributed by atoms with Crippen LogP contribution in [0.3, 0.4) is 0 Å². The van der Waals surface area contributed by atoms with Gasteiger partial charge in [0.1, 0.15) is 0 Å². The van der Waals surface area contributed by atoms with E-state index in [0.717, 1.165) is 5.56 Å². The Morgan fingerprint density at radius 1 is 1.44 bits per heavy atom. The van der Waals surface area contributed by atoms with Crippen LogP contribution in [-0.2, 0) is 0 Å². The van der Waals surface area contributed by atoms with Gasteiger partial charge < -0.3 is 9.32 Å². The summed E-state index contributed by atoms with van der Waals surface area (Å²) in [7, 11) is 1.82. The molecule has 90 valence electrons. The van der Waals surface area contributed by atoms with Crippen molar-refractivity contribution in [2.75, 3.05) is 7.05 Å². The summed E-state index contributed by atoms with van der Waals surface area (Å²) in [5.74, 6) is 0.392. The minimum Gasteiger partial charge on any atom is -0.459 e. The van der Waals surface area contributed by atoms with Gasteiger partial charge in [0.05, 0.1) is 6.26 Å². The molecule has 1 atom stereocenters. The third-order valence-electron chi connectivity index (χ3n) is 3.21. The standard InChI is InChI=1S/C13H21NO2/c1-9-7-8-16-11(9)12(15)14(6)10(2)13(3,4)5/h7-8,10H,1-6H3/t10-/m0/s1. The van der Waals surface area contributed by atoms with Gasteiger partial charge in [0, 0.05) is 18.7 Å². The molecule has 1 aromatic rings. The van der Waals surface area contributed by atoms with E-state index < -0.39 is 0 Å². The SMILES string of the molecule is Cc1ccoc1C(=O)N(C)[C@@H](C)C(C)(C)C. The van der Waals surface area contributed by atoms with Crippen LogP contribution < -0.4 is 0 Å². The van der Waals surface area contributed by atoms with Gasteiger partial charge in [0.15, 0.2) is 5.76 Å². The first kappa shape index (κ1) is 12.8. The van der Waals surface area contributed by atoms with Gasteiger partial charge in [-0.05, 0) is 25.3 Å². The number of amides is 1. The van der Waals surface area contributed by atoms with Crippen molar-refractivity contribution >= 4 is 5.91 Å². The predicted molar refractivity (Wildman–Crippen MR) is 64.5 cm³/mol. The molecule has 0 spiro atoms. The number of hydrogen-bond donors (Lipinski definition) is 0. The molecule has 0 N–H and O–H groups in total. The lowest BCUT2D eigenvalue weighted by molar-refractivity contribution is 0.0596. The molecule has 1 aromatic heterocycles. The molecule has 1 rings (SSSR count). The highest BCUT2D eigenvalue weighted by Crippen LogP contribution is 2.24. The zero-order valence-corrected chi connectivity index (χ0v) is 11.0. The summed E-state index contributed by atoms with van der Waals surface area (Å²) in [6, 6.07) is 1.97. The maximum Gasteiger partial charge on any atom is 0.289 e. The Morgan fingerprint density at radius 3 is 2.38 bits per heavy atom. The second kappa shape index (κ2) is 4.32. The quantitative estimate of drug-likeness (QED) is 0.772. The van der Waals surface area contributed by atoms with Crippen LogP contribution in [0.4, 0.5) is 0 Å². The smallest absolute Gasteiger partial charge is 0.289 e. The molecule has 0 aliphatic carbocycles. The topological polar surface area (TPSA) is 33.5 Å². The minimum atomic E-state index is -0.0510. The Morgan fingerprint density at radius 2 is 2.00 bits per heavy atom. The van der Waals surface area contributed by atoms with Crippen molar-refractivity contribution in [3.8, 4) is 0 Å². The molecule has 0 aliphatic rings. The molecular formula is C13H21NO2. The zero-order chi connectivity index (χ0) is 12.5. The van der Waals surface area contributed by atoms with Gasteiger partial charge in [-0.2, -0.15) is 0 Å². The largest absolute Gasteiger partial charge is 0.459 e. The van der Waals surface area contributed by atoms with Crippen LogP contribution in [-0.4, -0.2) is 23.9 Å². The summed E-state index contributed by atoms with van der Waals surface area (Å²) in [5, 5.41) is 0. The number of aryl methyl sites for hydroxylation is 1. The van der Waals surface area contributed by atoms with Crippen LogP contribution in [0.25, 0.3) is 0 Å². The summed E-state index contributed by atoms with van der Waals surface area (Å²) in [6.07, 6.45) is 1.55. The van der Waals surface area contributed by atoms with E-state index in [9.17, 15) is 4.79 Å². The van der Waals surface area contributed by atoms with Crippen molar-refractivity contribution in [3.63, 3.8) is 0 Å². The molecule has 3 heteroatoms. The fourth-order valence-corrected chi connectivity index (χ4v) is 1.51. The molecule has 1 heterocycles. The first-order chi connectivity index (χ1) is 7.25. The molecule has 0 saturated carbocycles. The second-order valence-electron chi connectivity index (χ2n) is 5.39. The zero-order valence-electron chi connectivity index (χ0n) is 11.0. The lowest BCUT2D eigenvalue weighted by Gasteiger charge is -2.35. The van der Waals surface area contributed by atoms with Gasteiger partial charge in [-0.15, -0.1) is 0 Å². The summed E-state index contributed by atoms with van der Waals surface area (Å²) in [5.41, 5.74) is 0.947. The van der Waals surface area contributed by atoms with Crippen LogP contribution in [0.2, 0.25) is 0 Å². The molecule has 0 aromatic carbocycles. The molecule has 1 amide bonds. The number of nitrogens with zero attached hydrogens (tertiary/aromatic N) is 1. The Hall–Kier alpha value is -1.25. The molecule has 16 heavy (non-hydrogen) atoms. The van der Waals surface area contributed by atoms with Gasteiger partial charge in [-0.1, -0.05) is 20.8 Å².